The van der Waals surface area contributed by atoms with E-state index in [0.717, 1.165) is 6.42 Å². The molecule has 0 aromatic heterocycles. The molecule has 6 heteroatoms. The van der Waals surface area contributed by atoms with Crippen molar-refractivity contribution >= 4 is 17.7 Å². The number of para-hydroxylation sites is 1. The summed E-state index contributed by atoms with van der Waals surface area (Å²) in [6.07, 6.45) is 0.939. The van der Waals surface area contributed by atoms with Crippen molar-refractivity contribution in [2.45, 2.75) is 19.4 Å². The highest BCUT2D eigenvalue weighted by Crippen LogP contribution is 2.30. The van der Waals surface area contributed by atoms with Crippen molar-refractivity contribution in [3.63, 3.8) is 0 Å². The summed E-state index contributed by atoms with van der Waals surface area (Å²) in [5, 5.41) is 23.7. The van der Waals surface area contributed by atoms with Gasteiger partial charge in [0.05, 0.1) is 5.69 Å². The van der Waals surface area contributed by atoms with Gasteiger partial charge in [-0.3, -0.25) is 0 Å². The molecule has 6 nitrogen and oxygen atoms in total. The SMILES string of the molecule is CC1CC1NC(=O)Nc1cccc(C(=O)O)c1O. The van der Waals surface area contributed by atoms with Crippen LogP contribution in [0.15, 0.2) is 18.2 Å². The standard InChI is InChI=1S/C12H14N2O4/c1-6-5-9(6)14-12(18)13-8-4-2-3-7(10(8)15)11(16)17/h2-4,6,9,15H,5H2,1H3,(H,16,17)(H2,13,14,18). The Bertz CT molecular complexity index is 501. The summed E-state index contributed by atoms with van der Waals surface area (Å²) in [7, 11) is 0. The molecule has 1 aliphatic carbocycles. The second-order valence-electron chi connectivity index (χ2n) is 4.42. The van der Waals surface area contributed by atoms with Gasteiger partial charge in [-0.25, -0.2) is 9.59 Å². The number of carboxylic acids is 1. The highest BCUT2D eigenvalue weighted by Gasteiger charge is 2.33. The van der Waals surface area contributed by atoms with Crippen molar-refractivity contribution < 1.29 is 19.8 Å². The zero-order chi connectivity index (χ0) is 13.3. The average molecular weight is 250 g/mol. The molecule has 1 fully saturated rings. The number of benzene rings is 1. The fourth-order valence-electron chi connectivity index (χ4n) is 1.67. The van der Waals surface area contributed by atoms with Gasteiger partial charge in [0.25, 0.3) is 0 Å². The third-order valence-electron chi connectivity index (χ3n) is 2.94. The number of hydrogen-bond donors (Lipinski definition) is 4. The van der Waals surface area contributed by atoms with E-state index in [9.17, 15) is 14.7 Å². The van der Waals surface area contributed by atoms with Crippen LogP contribution in [0.3, 0.4) is 0 Å². The summed E-state index contributed by atoms with van der Waals surface area (Å²) in [5.74, 6) is -1.22. The van der Waals surface area contributed by atoms with E-state index in [2.05, 4.69) is 10.6 Å². The van der Waals surface area contributed by atoms with Crippen molar-refractivity contribution in [3.8, 4) is 5.75 Å². The zero-order valence-corrected chi connectivity index (χ0v) is 9.80. The molecule has 0 saturated heterocycles. The molecule has 2 amide bonds. The Kier molecular flexibility index (Phi) is 3.10. The number of amides is 2. The van der Waals surface area contributed by atoms with Gasteiger partial charge in [0, 0.05) is 6.04 Å². The van der Waals surface area contributed by atoms with Gasteiger partial charge in [-0.2, -0.15) is 0 Å². The Hall–Kier alpha value is -2.24. The lowest BCUT2D eigenvalue weighted by Crippen LogP contribution is -2.31. The number of anilines is 1. The van der Waals surface area contributed by atoms with E-state index in [1.807, 2.05) is 6.92 Å². The van der Waals surface area contributed by atoms with Crippen LogP contribution in [0.2, 0.25) is 0 Å². The maximum atomic E-state index is 11.6. The first-order valence-corrected chi connectivity index (χ1v) is 5.62. The molecule has 0 bridgehead atoms. The maximum Gasteiger partial charge on any atom is 0.339 e. The van der Waals surface area contributed by atoms with Crippen LogP contribution in [-0.2, 0) is 0 Å². The van der Waals surface area contributed by atoms with E-state index in [0.29, 0.717) is 5.92 Å². The number of phenols is 1. The molecule has 0 aliphatic heterocycles. The number of aromatic carboxylic acids is 1. The van der Waals surface area contributed by atoms with Crippen LogP contribution < -0.4 is 10.6 Å². The number of aromatic hydroxyl groups is 1. The van der Waals surface area contributed by atoms with Crippen molar-refractivity contribution in [1.29, 1.82) is 0 Å². The first-order chi connectivity index (χ1) is 8.49. The van der Waals surface area contributed by atoms with Gasteiger partial charge in [0.15, 0.2) is 5.75 Å². The molecule has 0 radical (unpaired) electrons. The molecular weight excluding hydrogens is 236 g/mol. The predicted octanol–water partition coefficient (Wildman–Crippen LogP) is 1.62. The first-order valence-electron chi connectivity index (χ1n) is 5.62. The topological polar surface area (TPSA) is 98.7 Å². The second-order valence-corrected chi connectivity index (χ2v) is 4.42. The Balaban J connectivity index is 2.06. The van der Waals surface area contributed by atoms with E-state index in [1.54, 1.807) is 0 Å². The van der Waals surface area contributed by atoms with E-state index in [1.165, 1.54) is 18.2 Å². The monoisotopic (exact) mass is 250 g/mol. The molecule has 1 aromatic carbocycles. The Morgan fingerprint density at radius 3 is 2.61 bits per heavy atom. The summed E-state index contributed by atoms with van der Waals surface area (Å²) >= 11 is 0. The lowest BCUT2D eigenvalue weighted by Gasteiger charge is -2.09. The molecule has 1 aromatic rings. The minimum Gasteiger partial charge on any atom is -0.505 e. The molecule has 2 rings (SSSR count). The van der Waals surface area contributed by atoms with Gasteiger partial charge < -0.3 is 20.8 Å². The summed E-state index contributed by atoms with van der Waals surface area (Å²) in [6.45, 7) is 2.02. The summed E-state index contributed by atoms with van der Waals surface area (Å²) in [4.78, 5) is 22.4. The summed E-state index contributed by atoms with van der Waals surface area (Å²) in [5.41, 5.74) is -0.159. The van der Waals surface area contributed by atoms with E-state index >= 15 is 0 Å². The van der Waals surface area contributed by atoms with E-state index in [-0.39, 0.29) is 17.3 Å². The van der Waals surface area contributed by atoms with Gasteiger partial charge >= 0.3 is 12.0 Å². The maximum absolute atomic E-state index is 11.6. The van der Waals surface area contributed by atoms with Crippen LogP contribution in [0.5, 0.6) is 5.75 Å². The number of carboxylic acid groups (broad SMARTS) is 1. The van der Waals surface area contributed by atoms with Crippen molar-refractivity contribution in [2.75, 3.05) is 5.32 Å². The number of rotatable bonds is 3. The highest BCUT2D eigenvalue weighted by molar-refractivity contribution is 5.97. The molecule has 96 valence electrons. The molecule has 1 saturated carbocycles. The van der Waals surface area contributed by atoms with Gasteiger partial charge in [-0.05, 0) is 24.5 Å². The molecule has 1 aliphatic rings. The van der Waals surface area contributed by atoms with Crippen LogP contribution >= 0.6 is 0 Å². The van der Waals surface area contributed by atoms with Crippen molar-refractivity contribution in [2.24, 2.45) is 5.92 Å². The number of carbonyl (C=O) groups is 2. The Morgan fingerprint density at radius 2 is 2.06 bits per heavy atom. The Morgan fingerprint density at radius 1 is 1.39 bits per heavy atom. The Labute approximate surface area is 104 Å². The lowest BCUT2D eigenvalue weighted by molar-refractivity contribution is 0.0694. The minimum absolute atomic E-state index is 0.0840. The molecule has 18 heavy (non-hydrogen) atoms. The molecule has 0 spiro atoms. The van der Waals surface area contributed by atoms with E-state index in [4.69, 9.17) is 5.11 Å². The predicted molar refractivity (Wildman–Crippen MR) is 64.8 cm³/mol. The lowest BCUT2D eigenvalue weighted by atomic mass is 10.2. The van der Waals surface area contributed by atoms with Crippen LogP contribution in [0, 0.1) is 5.92 Å². The highest BCUT2D eigenvalue weighted by atomic mass is 16.4. The fraction of sp³-hybridized carbons (Fsp3) is 0.333. The number of urea groups is 1. The van der Waals surface area contributed by atoms with Gasteiger partial charge in [0.2, 0.25) is 0 Å². The average Bonchev–Trinajstić information content (AvgIpc) is 2.96. The fourth-order valence-corrected chi connectivity index (χ4v) is 1.67. The molecule has 0 heterocycles. The van der Waals surface area contributed by atoms with Gasteiger partial charge in [-0.1, -0.05) is 13.0 Å². The molecule has 2 atom stereocenters. The number of carbonyl (C=O) groups excluding carboxylic acids is 1. The molecular formula is C12H14N2O4. The third kappa shape index (κ3) is 2.53. The normalized spacial score (nSPS) is 21.2. The number of nitrogens with one attached hydrogen (secondary N) is 2. The third-order valence-corrected chi connectivity index (χ3v) is 2.94. The second kappa shape index (κ2) is 4.56. The first kappa shape index (κ1) is 12.2. The zero-order valence-electron chi connectivity index (χ0n) is 9.80. The largest absolute Gasteiger partial charge is 0.505 e. The van der Waals surface area contributed by atoms with Crippen LogP contribution in [0.4, 0.5) is 10.5 Å². The summed E-state index contributed by atoms with van der Waals surface area (Å²) in [6, 6.07) is 3.89. The van der Waals surface area contributed by atoms with Crippen molar-refractivity contribution in [1.82, 2.24) is 5.32 Å². The van der Waals surface area contributed by atoms with Crippen molar-refractivity contribution in [3.05, 3.63) is 23.8 Å². The van der Waals surface area contributed by atoms with E-state index < -0.39 is 17.7 Å². The molecule has 4 N–H and O–H groups in total. The quantitative estimate of drug-likeness (QED) is 0.612. The smallest absolute Gasteiger partial charge is 0.339 e. The summed E-state index contributed by atoms with van der Waals surface area (Å²) < 4.78 is 0. The number of hydrogen-bond acceptors (Lipinski definition) is 3. The van der Waals surface area contributed by atoms with Gasteiger partial charge in [0.1, 0.15) is 5.56 Å². The molecule has 2 unspecified atom stereocenters. The van der Waals surface area contributed by atoms with Gasteiger partial charge in [-0.15, -0.1) is 0 Å². The van der Waals surface area contributed by atoms with Crippen LogP contribution in [0.25, 0.3) is 0 Å². The minimum atomic E-state index is -1.24. The van der Waals surface area contributed by atoms with Crippen LogP contribution in [-0.4, -0.2) is 28.3 Å². The van der Waals surface area contributed by atoms with Crippen LogP contribution in [0.1, 0.15) is 23.7 Å².